The summed E-state index contributed by atoms with van der Waals surface area (Å²) in [6.07, 6.45) is 6.60. The zero-order chi connectivity index (χ0) is 15.4. The molecular weight excluding hydrogens is 258 g/mol. The molecule has 5 heteroatoms. The molecule has 0 unspecified atom stereocenters. The predicted octanol–water partition coefficient (Wildman–Crippen LogP) is 3.00. The van der Waals surface area contributed by atoms with Gasteiger partial charge in [0, 0.05) is 0 Å². The number of carbonyl (C=O) groups is 2. The molecular formula is C15H23NO4. The molecule has 0 atom stereocenters. The van der Waals surface area contributed by atoms with Crippen molar-refractivity contribution >= 4 is 11.9 Å². The first-order valence-electron chi connectivity index (χ1n) is 6.79. The molecule has 0 bridgehead atoms. The van der Waals surface area contributed by atoms with Crippen LogP contribution in [0.1, 0.15) is 59.7 Å². The van der Waals surface area contributed by atoms with Crippen LogP contribution in [0.4, 0.5) is 0 Å². The predicted molar refractivity (Wildman–Crippen MR) is 78.2 cm³/mol. The van der Waals surface area contributed by atoms with Gasteiger partial charge in [0.15, 0.2) is 0 Å². The zero-order valence-electron chi connectivity index (χ0n) is 11.8. The van der Waals surface area contributed by atoms with Gasteiger partial charge in [0.05, 0.1) is 11.1 Å². The third-order valence-electron chi connectivity index (χ3n) is 2.69. The van der Waals surface area contributed by atoms with Crippen LogP contribution in [0.3, 0.4) is 0 Å². The van der Waals surface area contributed by atoms with E-state index >= 15 is 0 Å². The van der Waals surface area contributed by atoms with Crippen molar-refractivity contribution in [3.05, 3.63) is 35.4 Å². The number of rotatable bonds is 7. The summed E-state index contributed by atoms with van der Waals surface area (Å²) < 4.78 is 0. The summed E-state index contributed by atoms with van der Waals surface area (Å²) in [4.78, 5) is 20.7. The van der Waals surface area contributed by atoms with E-state index < -0.39 is 11.9 Å². The molecule has 20 heavy (non-hydrogen) atoms. The molecule has 0 aliphatic heterocycles. The van der Waals surface area contributed by atoms with Crippen LogP contribution in [0.15, 0.2) is 24.3 Å². The Balaban J connectivity index is 0.000000396. The fourth-order valence-corrected chi connectivity index (χ4v) is 1.50. The normalized spacial score (nSPS) is 9.50. The largest absolute Gasteiger partial charge is 0.478 e. The molecule has 0 aromatic heterocycles. The smallest absolute Gasteiger partial charge is 0.335 e. The second-order valence-electron chi connectivity index (χ2n) is 4.39. The van der Waals surface area contributed by atoms with Gasteiger partial charge in [0.1, 0.15) is 0 Å². The molecule has 0 aliphatic carbocycles. The number of hydrogen-bond acceptors (Lipinski definition) is 3. The van der Waals surface area contributed by atoms with Gasteiger partial charge in [0.2, 0.25) is 0 Å². The van der Waals surface area contributed by atoms with Gasteiger partial charge in [0.25, 0.3) is 0 Å². The Morgan fingerprint density at radius 3 is 1.60 bits per heavy atom. The highest BCUT2D eigenvalue weighted by Gasteiger charge is 2.04. The third-order valence-corrected chi connectivity index (χ3v) is 2.69. The maximum absolute atomic E-state index is 10.3. The Morgan fingerprint density at radius 2 is 1.30 bits per heavy atom. The van der Waals surface area contributed by atoms with Crippen molar-refractivity contribution in [2.75, 3.05) is 6.54 Å². The van der Waals surface area contributed by atoms with Crippen LogP contribution in [-0.4, -0.2) is 28.7 Å². The molecule has 0 heterocycles. The topological polar surface area (TPSA) is 101 Å². The molecule has 0 saturated carbocycles. The van der Waals surface area contributed by atoms with Gasteiger partial charge in [-0.1, -0.05) is 32.6 Å². The zero-order valence-corrected chi connectivity index (χ0v) is 11.8. The van der Waals surface area contributed by atoms with E-state index in [-0.39, 0.29) is 11.1 Å². The molecule has 0 saturated heterocycles. The number of unbranched alkanes of at least 4 members (excludes halogenated alkanes) is 4. The van der Waals surface area contributed by atoms with Gasteiger partial charge in [-0.2, -0.15) is 0 Å². The Bertz CT molecular complexity index is 362. The Labute approximate surface area is 119 Å². The van der Waals surface area contributed by atoms with Gasteiger partial charge < -0.3 is 15.9 Å². The van der Waals surface area contributed by atoms with Crippen molar-refractivity contribution < 1.29 is 19.8 Å². The van der Waals surface area contributed by atoms with Crippen LogP contribution in [0.2, 0.25) is 0 Å². The number of nitrogens with two attached hydrogens (primary N) is 1. The molecule has 0 fully saturated rings. The van der Waals surface area contributed by atoms with E-state index in [0.717, 1.165) is 6.54 Å². The summed E-state index contributed by atoms with van der Waals surface area (Å²) in [5.41, 5.74) is 5.48. The fourth-order valence-electron chi connectivity index (χ4n) is 1.50. The molecule has 112 valence electrons. The third kappa shape index (κ3) is 8.26. The lowest BCUT2D eigenvalue weighted by Crippen LogP contribution is -1.99. The average Bonchev–Trinajstić information content (AvgIpc) is 2.44. The Hall–Kier alpha value is -1.88. The Kier molecular flexibility index (Phi) is 9.96. The molecule has 1 aromatic rings. The van der Waals surface area contributed by atoms with Crippen LogP contribution < -0.4 is 5.73 Å². The van der Waals surface area contributed by atoms with Crippen molar-refractivity contribution in [2.45, 2.75) is 39.0 Å². The quantitative estimate of drug-likeness (QED) is 0.667. The molecule has 0 aliphatic rings. The van der Waals surface area contributed by atoms with Crippen LogP contribution in [-0.2, 0) is 0 Å². The van der Waals surface area contributed by atoms with Gasteiger partial charge in [-0.05, 0) is 37.2 Å². The molecule has 0 radical (unpaired) electrons. The summed E-state index contributed by atoms with van der Waals surface area (Å²) in [6, 6.07) is 5.02. The fraction of sp³-hybridized carbons (Fsp3) is 0.467. The minimum absolute atomic E-state index is 0.0833. The van der Waals surface area contributed by atoms with Crippen LogP contribution in [0.5, 0.6) is 0 Å². The standard InChI is InChI=1S/C8H6O4.C7H17N/c9-7(10)5-1-2-6(4-3-5)8(11)12;1-2-3-4-5-6-7-8/h1-4H,(H,9,10)(H,11,12);2-8H2,1H3. The second-order valence-corrected chi connectivity index (χ2v) is 4.39. The average molecular weight is 281 g/mol. The Morgan fingerprint density at radius 1 is 0.900 bits per heavy atom. The number of benzene rings is 1. The molecule has 1 aromatic carbocycles. The van der Waals surface area contributed by atoms with Crippen molar-refractivity contribution in [3.63, 3.8) is 0 Å². The van der Waals surface area contributed by atoms with E-state index in [1.54, 1.807) is 0 Å². The van der Waals surface area contributed by atoms with E-state index in [1.165, 1.54) is 56.4 Å². The van der Waals surface area contributed by atoms with Crippen LogP contribution in [0, 0.1) is 0 Å². The molecule has 0 spiro atoms. The van der Waals surface area contributed by atoms with E-state index in [0.29, 0.717) is 0 Å². The summed E-state index contributed by atoms with van der Waals surface area (Å²) in [6.45, 7) is 3.09. The maximum Gasteiger partial charge on any atom is 0.335 e. The first-order chi connectivity index (χ1) is 9.52. The van der Waals surface area contributed by atoms with Gasteiger partial charge in [-0.15, -0.1) is 0 Å². The van der Waals surface area contributed by atoms with Crippen LogP contribution >= 0.6 is 0 Å². The van der Waals surface area contributed by atoms with Crippen LogP contribution in [0.25, 0.3) is 0 Å². The first kappa shape index (κ1) is 18.1. The summed E-state index contributed by atoms with van der Waals surface area (Å²) in [5.74, 6) is -2.13. The SMILES string of the molecule is CCCCCCCN.O=C(O)c1ccc(C(=O)O)cc1. The molecule has 0 amide bonds. The van der Waals surface area contributed by atoms with Gasteiger partial charge in [-0.25, -0.2) is 9.59 Å². The van der Waals surface area contributed by atoms with Gasteiger partial charge >= 0.3 is 11.9 Å². The lowest BCUT2D eigenvalue weighted by atomic mass is 10.1. The molecule has 1 rings (SSSR count). The second kappa shape index (κ2) is 11.0. The minimum atomic E-state index is -1.06. The van der Waals surface area contributed by atoms with Crippen molar-refractivity contribution in [2.24, 2.45) is 5.73 Å². The summed E-state index contributed by atoms with van der Waals surface area (Å²) in [5, 5.41) is 16.9. The highest BCUT2D eigenvalue weighted by molar-refractivity contribution is 5.91. The lowest BCUT2D eigenvalue weighted by molar-refractivity contribution is 0.0681. The number of aromatic carboxylic acids is 2. The number of hydrogen-bond donors (Lipinski definition) is 3. The summed E-state index contributed by atoms with van der Waals surface area (Å²) >= 11 is 0. The highest BCUT2D eigenvalue weighted by atomic mass is 16.4. The van der Waals surface area contributed by atoms with Crippen molar-refractivity contribution in [1.29, 1.82) is 0 Å². The number of carboxylic acids is 2. The maximum atomic E-state index is 10.3. The van der Waals surface area contributed by atoms with E-state index in [9.17, 15) is 9.59 Å². The first-order valence-corrected chi connectivity index (χ1v) is 6.79. The van der Waals surface area contributed by atoms with Crippen molar-refractivity contribution in [3.8, 4) is 0 Å². The van der Waals surface area contributed by atoms with Crippen molar-refractivity contribution in [1.82, 2.24) is 0 Å². The van der Waals surface area contributed by atoms with E-state index in [2.05, 4.69) is 6.92 Å². The molecule has 5 nitrogen and oxygen atoms in total. The lowest BCUT2D eigenvalue weighted by Gasteiger charge is -1.94. The summed E-state index contributed by atoms with van der Waals surface area (Å²) in [7, 11) is 0. The highest BCUT2D eigenvalue weighted by Crippen LogP contribution is 2.03. The van der Waals surface area contributed by atoms with E-state index in [4.69, 9.17) is 15.9 Å². The number of carboxylic acid groups (broad SMARTS) is 2. The minimum Gasteiger partial charge on any atom is -0.478 e. The van der Waals surface area contributed by atoms with E-state index in [1.807, 2.05) is 0 Å². The van der Waals surface area contributed by atoms with Gasteiger partial charge in [-0.3, -0.25) is 0 Å². The monoisotopic (exact) mass is 281 g/mol. The molecule has 4 N–H and O–H groups in total.